The van der Waals surface area contributed by atoms with Crippen LogP contribution in [-0.4, -0.2) is 50.8 Å². The molecule has 120 valence electrons. The van der Waals surface area contributed by atoms with E-state index in [1.807, 2.05) is 7.11 Å². The van der Waals surface area contributed by atoms with Crippen molar-refractivity contribution in [3.8, 4) is 0 Å². The molecule has 1 aliphatic heterocycles. The monoisotopic (exact) mass is 284 g/mol. The van der Waals surface area contributed by atoms with E-state index < -0.39 is 0 Å². The summed E-state index contributed by atoms with van der Waals surface area (Å²) >= 11 is 0. The van der Waals surface area contributed by atoms with Gasteiger partial charge in [0.2, 0.25) is 0 Å². The fourth-order valence-corrected chi connectivity index (χ4v) is 2.88. The number of rotatable bonds is 9. The molecule has 1 fully saturated rings. The fraction of sp³-hybridized carbons (Fsp3) is 1.00. The summed E-state index contributed by atoms with van der Waals surface area (Å²) < 4.78 is 5.63. The molecule has 1 aliphatic rings. The topological polar surface area (TPSA) is 24.5 Å². The van der Waals surface area contributed by atoms with Crippen molar-refractivity contribution >= 4 is 0 Å². The van der Waals surface area contributed by atoms with Crippen LogP contribution in [0.5, 0.6) is 0 Å². The van der Waals surface area contributed by atoms with E-state index in [1.54, 1.807) is 0 Å². The van der Waals surface area contributed by atoms with E-state index in [0.29, 0.717) is 11.5 Å². The molecule has 20 heavy (non-hydrogen) atoms. The maximum absolute atomic E-state index is 5.63. The first-order valence-corrected chi connectivity index (χ1v) is 8.47. The maximum Gasteiger partial charge on any atom is 0.0571 e. The van der Waals surface area contributed by atoms with Crippen LogP contribution in [0.3, 0.4) is 0 Å². The van der Waals surface area contributed by atoms with Crippen molar-refractivity contribution in [2.75, 3.05) is 39.8 Å². The Morgan fingerprint density at radius 1 is 1.05 bits per heavy atom. The number of ether oxygens (including phenoxy) is 1. The zero-order valence-electron chi connectivity index (χ0n) is 14.2. The van der Waals surface area contributed by atoms with Gasteiger partial charge >= 0.3 is 0 Å². The molecule has 1 heterocycles. The molecule has 3 nitrogen and oxygen atoms in total. The fourth-order valence-electron chi connectivity index (χ4n) is 2.88. The van der Waals surface area contributed by atoms with Crippen molar-refractivity contribution in [1.82, 2.24) is 10.2 Å². The Morgan fingerprint density at radius 3 is 2.30 bits per heavy atom. The summed E-state index contributed by atoms with van der Waals surface area (Å²) in [7, 11) is 1.87. The minimum atomic E-state index is 0.459. The van der Waals surface area contributed by atoms with Crippen LogP contribution in [0.2, 0.25) is 0 Å². The zero-order valence-corrected chi connectivity index (χ0v) is 14.2. The Morgan fingerprint density at radius 2 is 1.70 bits per heavy atom. The van der Waals surface area contributed by atoms with Crippen molar-refractivity contribution in [3.05, 3.63) is 0 Å². The number of nitrogens with zero attached hydrogens (tertiary/aromatic N) is 1. The average molecular weight is 284 g/mol. The molecular formula is C17H36N2O. The van der Waals surface area contributed by atoms with E-state index >= 15 is 0 Å². The molecule has 0 saturated carbocycles. The Balaban J connectivity index is 2.02. The van der Waals surface area contributed by atoms with Crippen LogP contribution in [0.15, 0.2) is 0 Å². The van der Waals surface area contributed by atoms with Gasteiger partial charge in [0, 0.05) is 33.3 Å². The van der Waals surface area contributed by atoms with Gasteiger partial charge < -0.3 is 15.0 Å². The third-order valence-corrected chi connectivity index (χ3v) is 4.25. The predicted octanol–water partition coefficient (Wildman–Crippen LogP) is 3.29. The Kier molecular flexibility index (Phi) is 8.74. The summed E-state index contributed by atoms with van der Waals surface area (Å²) in [5, 5.41) is 3.41. The number of hydrogen-bond donors (Lipinski definition) is 1. The quantitative estimate of drug-likeness (QED) is 0.658. The summed E-state index contributed by atoms with van der Waals surface area (Å²) in [6.45, 7) is 13.0. The molecular weight excluding hydrogens is 248 g/mol. The highest BCUT2D eigenvalue weighted by atomic mass is 16.5. The van der Waals surface area contributed by atoms with E-state index in [9.17, 15) is 0 Å². The zero-order chi connectivity index (χ0) is 14.8. The van der Waals surface area contributed by atoms with Crippen molar-refractivity contribution in [3.63, 3.8) is 0 Å². The third-order valence-electron chi connectivity index (χ3n) is 4.25. The molecule has 0 aromatic carbocycles. The molecule has 0 radical (unpaired) electrons. The SMILES string of the molecule is CO[C@H](CCCCN1CCNCC1)CCCC(C)(C)C. The molecule has 0 unspecified atom stereocenters. The van der Waals surface area contributed by atoms with Gasteiger partial charge in [-0.2, -0.15) is 0 Å². The van der Waals surface area contributed by atoms with Gasteiger partial charge in [-0.3, -0.25) is 0 Å². The van der Waals surface area contributed by atoms with Crippen molar-refractivity contribution < 1.29 is 4.74 Å². The van der Waals surface area contributed by atoms with Crippen molar-refractivity contribution in [2.24, 2.45) is 5.41 Å². The Bertz CT molecular complexity index is 232. The molecule has 0 aliphatic carbocycles. The molecule has 0 bridgehead atoms. The molecule has 0 aromatic rings. The lowest BCUT2D eigenvalue weighted by Crippen LogP contribution is -2.43. The van der Waals surface area contributed by atoms with Crippen LogP contribution < -0.4 is 5.32 Å². The second kappa shape index (κ2) is 9.75. The normalized spacial score (nSPS) is 19.2. The summed E-state index contributed by atoms with van der Waals surface area (Å²) in [6, 6.07) is 0. The standard InChI is InChI=1S/C17H36N2O/c1-17(2,3)10-7-9-16(20-4)8-5-6-13-19-14-11-18-12-15-19/h16,18H,5-15H2,1-4H3/t16-/m1/s1. The number of unbranched alkanes of at least 4 members (excludes halogenated alkanes) is 1. The van der Waals surface area contributed by atoms with Gasteiger partial charge in [-0.25, -0.2) is 0 Å². The van der Waals surface area contributed by atoms with Crippen LogP contribution in [-0.2, 0) is 4.74 Å². The molecule has 1 atom stereocenters. The van der Waals surface area contributed by atoms with Gasteiger partial charge in [-0.1, -0.05) is 27.2 Å². The van der Waals surface area contributed by atoms with Crippen molar-refractivity contribution in [1.29, 1.82) is 0 Å². The van der Waals surface area contributed by atoms with Crippen LogP contribution in [0.1, 0.15) is 59.3 Å². The smallest absolute Gasteiger partial charge is 0.0571 e. The Labute approximate surface area is 126 Å². The van der Waals surface area contributed by atoms with Gasteiger partial charge in [0.25, 0.3) is 0 Å². The van der Waals surface area contributed by atoms with Gasteiger partial charge in [-0.15, -0.1) is 0 Å². The van der Waals surface area contributed by atoms with E-state index in [4.69, 9.17) is 4.74 Å². The minimum absolute atomic E-state index is 0.459. The van der Waals surface area contributed by atoms with Gasteiger partial charge in [0.15, 0.2) is 0 Å². The number of hydrogen-bond acceptors (Lipinski definition) is 3. The first kappa shape index (κ1) is 17.9. The highest BCUT2D eigenvalue weighted by Crippen LogP contribution is 2.23. The lowest BCUT2D eigenvalue weighted by Gasteiger charge is -2.27. The first-order valence-electron chi connectivity index (χ1n) is 8.47. The minimum Gasteiger partial charge on any atom is -0.381 e. The second-order valence-corrected chi connectivity index (χ2v) is 7.40. The Hall–Kier alpha value is -0.120. The van der Waals surface area contributed by atoms with Crippen LogP contribution in [0.4, 0.5) is 0 Å². The van der Waals surface area contributed by atoms with Crippen LogP contribution in [0, 0.1) is 5.41 Å². The number of piperazine rings is 1. The molecule has 1 rings (SSSR count). The first-order chi connectivity index (χ1) is 9.51. The highest BCUT2D eigenvalue weighted by molar-refractivity contribution is 4.68. The molecule has 0 aromatic heterocycles. The maximum atomic E-state index is 5.63. The summed E-state index contributed by atoms with van der Waals surface area (Å²) in [6.07, 6.45) is 8.14. The largest absolute Gasteiger partial charge is 0.381 e. The highest BCUT2D eigenvalue weighted by Gasteiger charge is 2.13. The van der Waals surface area contributed by atoms with E-state index in [0.717, 1.165) is 13.1 Å². The number of methoxy groups -OCH3 is 1. The second-order valence-electron chi connectivity index (χ2n) is 7.40. The molecule has 0 spiro atoms. The number of nitrogens with one attached hydrogen (secondary N) is 1. The van der Waals surface area contributed by atoms with E-state index in [-0.39, 0.29) is 0 Å². The molecule has 0 amide bonds. The van der Waals surface area contributed by atoms with Crippen molar-refractivity contribution in [2.45, 2.75) is 65.4 Å². The van der Waals surface area contributed by atoms with E-state index in [1.165, 1.54) is 58.2 Å². The van der Waals surface area contributed by atoms with Gasteiger partial charge in [-0.05, 0) is 44.1 Å². The average Bonchev–Trinajstić information content (AvgIpc) is 2.41. The lowest BCUT2D eigenvalue weighted by atomic mass is 9.89. The summed E-state index contributed by atoms with van der Waals surface area (Å²) in [4.78, 5) is 2.58. The molecule has 3 heteroatoms. The molecule has 1 N–H and O–H groups in total. The predicted molar refractivity (Wildman–Crippen MR) is 87.3 cm³/mol. The lowest BCUT2D eigenvalue weighted by molar-refractivity contribution is 0.0800. The molecule has 1 saturated heterocycles. The summed E-state index contributed by atoms with van der Waals surface area (Å²) in [5.41, 5.74) is 0.459. The van der Waals surface area contributed by atoms with Crippen LogP contribution in [0.25, 0.3) is 0 Å². The van der Waals surface area contributed by atoms with Gasteiger partial charge in [0.05, 0.1) is 6.10 Å². The van der Waals surface area contributed by atoms with E-state index in [2.05, 4.69) is 31.0 Å². The third kappa shape index (κ3) is 8.93. The summed E-state index contributed by atoms with van der Waals surface area (Å²) in [5.74, 6) is 0. The van der Waals surface area contributed by atoms with Crippen LogP contribution >= 0.6 is 0 Å². The van der Waals surface area contributed by atoms with Gasteiger partial charge in [0.1, 0.15) is 0 Å².